The van der Waals surface area contributed by atoms with Crippen LogP contribution in [0.15, 0.2) is 11.6 Å². The van der Waals surface area contributed by atoms with E-state index in [2.05, 4.69) is 41.5 Å². The molecular weight excluding hydrogens is 507 g/mol. The first-order valence-corrected chi connectivity index (χ1v) is 14.7. The first-order valence-electron chi connectivity index (χ1n) is 14.7. The van der Waals surface area contributed by atoms with Crippen LogP contribution in [0.3, 0.4) is 0 Å². The van der Waals surface area contributed by atoms with E-state index in [1.807, 2.05) is 6.08 Å². The number of carbonyl (C=O) groups excluding carboxylic acids is 2. The van der Waals surface area contributed by atoms with E-state index in [0.29, 0.717) is 12.8 Å². The van der Waals surface area contributed by atoms with Crippen molar-refractivity contribution in [2.24, 2.45) is 50.2 Å². The van der Waals surface area contributed by atoms with Gasteiger partial charge in [-0.2, -0.15) is 0 Å². The molecule has 4 fully saturated rings. The van der Waals surface area contributed by atoms with Gasteiger partial charge in [-0.1, -0.05) is 54.0 Å². The second-order valence-electron chi connectivity index (χ2n) is 15.7. The molecule has 220 valence electrons. The number of halogens is 3. The quantitative estimate of drug-likeness (QED) is 0.207. The first-order chi connectivity index (χ1) is 17.7. The molecule has 8 heteroatoms. The number of aliphatic hydroxyl groups is 1. The van der Waals surface area contributed by atoms with E-state index < -0.39 is 28.8 Å². The molecule has 4 saturated carbocycles. The van der Waals surface area contributed by atoms with Crippen molar-refractivity contribution in [1.29, 1.82) is 0 Å². The largest absolute Gasteiger partial charge is 0.510 e. The van der Waals surface area contributed by atoms with Gasteiger partial charge in [0.05, 0.1) is 6.10 Å². The number of hydroxylamine groups is 2. The van der Waals surface area contributed by atoms with E-state index in [4.69, 9.17) is 0 Å². The third-order valence-electron chi connectivity index (χ3n) is 13.5. The van der Waals surface area contributed by atoms with Crippen LogP contribution in [0.25, 0.3) is 0 Å². The van der Waals surface area contributed by atoms with Crippen LogP contribution >= 0.6 is 0 Å². The van der Waals surface area contributed by atoms with Gasteiger partial charge >= 0.3 is 6.30 Å². The predicted octanol–water partition coefficient (Wildman–Crippen LogP) is 7.07. The number of aliphatic hydroxyl groups excluding tert-OH is 1. The van der Waals surface area contributed by atoms with Crippen LogP contribution in [0, 0.1) is 50.2 Å². The highest BCUT2D eigenvalue weighted by Gasteiger charge is 2.70. The number of nitrogens with zero attached hydrogens (tertiary/aromatic N) is 1. The molecule has 2 N–H and O–H groups in total. The zero-order chi connectivity index (χ0) is 29.2. The van der Waals surface area contributed by atoms with Crippen molar-refractivity contribution in [1.82, 2.24) is 5.06 Å². The van der Waals surface area contributed by atoms with Crippen LogP contribution in [0.1, 0.15) is 106 Å². The summed E-state index contributed by atoms with van der Waals surface area (Å²) in [6, 6.07) is 0. The van der Waals surface area contributed by atoms with E-state index in [0.717, 1.165) is 37.7 Å². The van der Waals surface area contributed by atoms with Crippen molar-refractivity contribution in [3.05, 3.63) is 11.6 Å². The number of carbonyl (C=O) groups is 2. The summed E-state index contributed by atoms with van der Waals surface area (Å²) in [7, 11) is 0. The number of ketones is 1. The summed E-state index contributed by atoms with van der Waals surface area (Å²) >= 11 is 0. The van der Waals surface area contributed by atoms with Gasteiger partial charge in [0.25, 0.3) is 5.91 Å². The molecule has 0 radical (unpaired) electrons. The molecule has 5 aliphatic carbocycles. The summed E-state index contributed by atoms with van der Waals surface area (Å²) in [6.07, 6.45) is 2.33. The molecule has 0 aromatic carbocycles. The molecule has 1 amide bonds. The molecule has 0 saturated heterocycles. The zero-order valence-electron chi connectivity index (χ0n) is 24.5. The van der Waals surface area contributed by atoms with Gasteiger partial charge in [-0.05, 0) is 103 Å². The summed E-state index contributed by atoms with van der Waals surface area (Å²) in [6.45, 7) is 14.7. The number of hydrogen-bond acceptors (Lipinski definition) is 4. The van der Waals surface area contributed by atoms with Crippen LogP contribution < -0.4 is 0 Å². The maximum absolute atomic E-state index is 14.3. The van der Waals surface area contributed by atoms with E-state index in [1.165, 1.54) is 6.92 Å². The number of allylic oxidation sites excluding steroid dienone is 2. The van der Waals surface area contributed by atoms with Gasteiger partial charge in [-0.25, -0.2) is 0 Å². The average Bonchev–Trinajstić information content (AvgIpc) is 2.82. The van der Waals surface area contributed by atoms with E-state index in [-0.39, 0.29) is 63.5 Å². The van der Waals surface area contributed by atoms with Gasteiger partial charge < -0.3 is 5.11 Å². The van der Waals surface area contributed by atoms with Gasteiger partial charge in [0.15, 0.2) is 5.78 Å². The fourth-order valence-electron chi connectivity index (χ4n) is 10.7. The third-order valence-corrected chi connectivity index (χ3v) is 13.5. The Hall–Kier alpha value is -1.41. The fraction of sp³-hybridized carbons (Fsp3) is 0.871. The normalized spacial score (nSPS) is 49.1. The minimum atomic E-state index is -5.15. The summed E-state index contributed by atoms with van der Waals surface area (Å²) in [5.74, 6) is -1.39. The molecule has 5 aliphatic rings. The molecule has 5 nitrogen and oxygen atoms in total. The van der Waals surface area contributed by atoms with Crippen molar-refractivity contribution >= 4 is 11.7 Å². The smallest absolute Gasteiger partial charge is 0.393 e. The van der Waals surface area contributed by atoms with Gasteiger partial charge in [-0.3, -0.25) is 14.8 Å². The van der Waals surface area contributed by atoms with Crippen molar-refractivity contribution < 1.29 is 33.1 Å². The molecule has 0 aromatic heterocycles. The Bertz CT molecular complexity index is 1120. The summed E-state index contributed by atoms with van der Waals surface area (Å²) < 4.78 is 39.9. The highest BCUT2D eigenvalue weighted by molar-refractivity contribution is 5.95. The van der Waals surface area contributed by atoms with Crippen LogP contribution in [0.4, 0.5) is 13.2 Å². The Morgan fingerprint density at radius 1 is 0.949 bits per heavy atom. The molecule has 0 aliphatic heterocycles. The van der Waals surface area contributed by atoms with Crippen LogP contribution in [0.5, 0.6) is 0 Å². The number of hydrogen-bond donors (Lipinski definition) is 2. The van der Waals surface area contributed by atoms with Gasteiger partial charge in [-0.15, -0.1) is 18.2 Å². The van der Waals surface area contributed by atoms with Crippen molar-refractivity contribution in [2.45, 2.75) is 119 Å². The van der Waals surface area contributed by atoms with E-state index in [1.54, 1.807) is 0 Å². The highest BCUT2D eigenvalue weighted by atomic mass is 19.4. The number of amides is 1. The lowest BCUT2D eigenvalue weighted by atomic mass is 9.33. The van der Waals surface area contributed by atoms with Gasteiger partial charge in [0.1, 0.15) is 0 Å². The number of rotatable bonds is 1. The average molecular weight is 554 g/mol. The Labute approximate surface area is 230 Å². The zero-order valence-corrected chi connectivity index (χ0v) is 24.5. The first kappa shape index (κ1) is 29.1. The number of alkyl halides is 3. The standard InChI is InChI=1S/C31H46F3NO4/c1-25(2)21-8-11-30(7)23(28(21,5)10-9-22(25)37)20(36)16-18-19-17-27(4,24(38)35(39)31(32,33)34)13-12-26(19,3)14-15-29(18,30)6/h16,19,21-23,37,39H,8-15,17H2,1-7H3/t19-,21?,22-,23+,26+,27-,28-,29+,30+/m0/s1. The maximum Gasteiger partial charge on any atom is 0.510 e. The monoisotopic (exact) mass is 553 g/mol. The Morgan fingerprint density at radius 3 is 2.18 bits per heavy atom. The Morgan fingerprint density at radius 2 is 1.56 bits per heavy atom. The third kappa shape index (κ3) is 3.71. The molecule has 5 rings (SSSR count). The van der Waals surface area contributed by atoms with Crippen molar-refractivity contribution in [2.75, 3.05) is 0 Å². The summed E-state index contributed by atoms with van der Waals surface area (Å²) in [5.41, 5.74) is -1.77. The summed E-state index contributed by atoms with van der Waals surface area (Å²) in [5, 5.41) is 19.6. The topological polar surface area (TPSA) is 77.8 Å². The van der Waals surface area contributed by atoms with Crippen LogP contribution in [-0.2, 0) is 9.59 Å². The second-order valence-corrected chi connectivity index (χ2v) is 15.7. The molecule has 0 bridgehead atoms. The highest BCUT2D eigenvalue weighted by Crippen LogP contribution is 2.75. The summed E-state index contributed by atoms with van der Waals surface area (Å²) in [4.78, 5) is 27.3. The Balaban J connectivity index is 1.57. The molecule has 0 heterocycles. The minimum absolute atomic E-state index is 0.103. The SMILES string of the molecule is CC1(C)C2CC[C@]3(C)[C@H](C(=O)C=C4[C@@H]5C[C@@](C)(C(=O)N(O)C(F)(F)F)CC[C@]5(C)CC[C@]43C)[C@@]2(C)CC[C@@H]1O. The predicted molar refractivity (Wildman–Crippen MR) is 140 cm³/mol. The second kappa shape index (κ2) is 8.33. The van der Waals surface area contributed by atoms with Crippen molar-refractivity contribution in [3.63, 3.8) is 0 Å². The minimum Gasteiger partial charge on any atom is -0.393 e. The van der Waals surface area contributed by atoms with E-state index in [9.17, 15) is 33.1 Å². The van der Waals surface area contributed by atoms with Gasteiger partial charge in [0.2, 0.25) is 0 Å². The maximum atomic E-state index is 14.3. The fourth-order valence-corrected chi connectivity index (χ4v) is 10.7. The molecule has 0 aromatic rings. The lowest BCUT2D eigenvalue weighted by molar-refractivity contribution is -0.337. The molecule has 0 spiro atoms. The molecule has 39 heavy (non-hydrogen) atoms. The number of fused-ring (bicyclic) bond motifs is 7. The molecule has 1 unspecified atom stereocenters. The van der Waals surface area contributed by atoms with Crippen LogP contribution in [0.2, 0.25) is 0 Å². The van der Waals surface area contributed by atoms with Crippen molar-refractivity contribution in [3.8, 4) is 0 Å². The van der Waals surface area contributed by atoms with Gasteiger partial charge in [0, 0.05) is 11.3 Å². The lowest BCUT2D eigenvalue weighted by Gasteiger charge is -2.70. The van der Waals surface area contributed by atoms with E-state index >= 15 is 0 Å². The molecular formula is C31H46F3NO4. The lowest BCUT2D eigenvalue weighted by Crippen LogP contribution is -2.66. The van der Waals surface area contributed by atoms with Crippen LogP contribution in [-0.4, -0.2) is 39.5 Å². The molecule has 9 atom stereocenters. The Kier molecular flexibility index (Phi) is 6.21.